The van der Waals surface area contributed by atoms with Crippen LogP contribution >= 0.6 is 0 Å². The summed E-state index contributed by atoms with van der Waals surface area (Å²) in [5, 5.41) is 12.5. The number of hydrogen-bond acceptors (Lipinski definition) is 2. The molecular weight excluding hydrogens is 262 g/mol. The molecule has 21 heavy (non-hydrogen) atoms. The summed E-state index contributed by atoms with van der Waals surface area (Å²) in [7, 11) is 0. The van der Waals surface area contributed by atoms with Crippen LogP contribution in [0.2, 0.25) is 0 Å². The minimum atomic E-state index is -0.771. The van der Waals surface area contributed by atoms with Crippen LogP contribution in [0.25, 0.3) is 0 Å². The van der Waals surface area contributed by atoms with Crippen LogP contribution in [0.4, 0.5) is 0 Å². The lowest BCUT2D eigenvalue weighted by Crippen LogP contribution is -2.26. The standard InChI is InChI=1S/C18H27NO2/c1-13-4-3-5-16(10-13)12-19-11-15-6-8-17(9-7-15)14(2)18(20)21/h6-9,13-14,16,19H,3-5,10-12H2,1-2H3,(H,20,21). The zero-order chi connectivity index (χ0) is 15.2. The topological polar surface area (TPSA) is 49.3 Å². The number of carboxylic acid groups (broad SMARTS) is 1. The second kappa shape index (κ2) is 7.60. The van der Waals surface area contributed by atoms with E-state index in [2.05, 4.69) is 12.2 Å². The Kier molecular flexibility index (Phi) is 5.80. The molecule has 1 aliphatic carbocycles. The molecule has 3 heteroatoms. The highest BCUT2D eigenvalue weighted by atomic mass is 16.4. The molecule has 3 nitrogen and oxygen atoms in total. The zero-order valence-corrected chi connectivity index (χ0v) is 13.1. The summed E-state index contributed by atoms with van der Waals surface area (Å²) < 4.78 is 0. The van der Waals surface area contributed by atoms with Gasteiger partial charge in [0.1, 0.15) is 0 Å². The van der Waals surface area contributed by atoms with Gasteiger partial charge < -0.3 is 10.4 Å². The van der Waals surface area contributed by atoms with Crippen LogP contribution in [0, 0.1) is 11.8 Å². The van der Waals surface area contributed by atoms with Crippen LogP contribution in [-0.2, 0) is 11.3 Å². The number of hydrogen-bond donors (Lipinski definition) is 2. The second-order valence-electron chi connectivity index (χ2n) is 6.57. The van der Waals surface area contributed by atoms with E-state index < -0.39 is 11.9 Å². The maximum atomic E-state index is 10.9. The molecule has 1 aromatic rings. The van der Waals surface area contributed by atoms with Crippen molar-refractivity contribution in [3.05, 3.63) is 35.4 Å². The maximum absolute atomic E-state index is 10.9. The lowest BCUT2D eigenvalue weighted by Gasteiger charge is -2.26. The van der Waals surface area contributed by atoms with Crippen LogP contribution in [0.5, 0.6) is 0 Å². The van der Waals surface area contributed by atoms with Gasteiger partial charge in [-0.25, -0.2) is 0 Å². The molecule has 116 valence electrons. The Morgan fingerprint density at radius 3 is 2.67 bits per heavy atom. The molecule has 1 aliphatic rings. The second-order valence-corrected chi connectivity index (χ2v) is 6.57. The summed E-state index contributed by atoms with van der Waals surface area (Å²) in [5.74, 6) is 0.491. The van der Waals surface area contributed by atoms with E-state index in [1.807, 2.05) is 24.3 Å². The Labute approximate surface area is 127 Å². The quantitative estimate of drug-likeness (QED) is 0.837. The smallest absolute Gasteiger partial charge is 0.310 e. The van der Waals surface area contributed by atoms with Gasteiger partial charge in [0, 0.05) is 6.54 Å². The van der Waals surface area contributed by atoms with Gasteiger partial charge in [-0.2, -0.15) is 0 Å². The fourth-order valence-corrected chi connectivity index (χ4v) is 3.23. The fourth-order valence-electron chi connectivity index (χ4n) is 3.23. The lowest BCUT2D eigenvalue weighted by molar-refractivity contribution is -0.138. The van der Waals surface area contributed by atoms with Crippen LogP contribution in [0.3, 0.4) is 0 Å². The van der Waals surface area contributed by atoms with Gasteiger partial charge in [-0.1, -0.05) is 44.0 Å². The van der Waals surface area contributed by atoms with E-state index in [0.717, 1.165) is 30.5 Å². The minimum absolute atomic E-state index is 0.435. The van der Waals surface area contributed by atoms with Crippen molar-refractivity contribution in [1.29, 1.82) is 0 Å². The van der Waals surface area contributed by atoms with Crippen molar-refractivity contribution in [3.63, 3.8) is 0 Å². The summed E-state index contributed by atoms with van der Waals surface area (Å²) in [6.45, 7) is 6.04. The van der Waals surface area contributed by atoms with Crippen molar-refractivity contribution in [3.8, 4) is 0 Å². The highest BCUT2D eigenvalue weighted by Gasteiger charge is 2.18. The van der Waals surface area contributed by atoms with Gasteiger partial charge in [-0.3, -0.25) is 4.79 Å². The van der Waals surface area contributed by atoms with Gasteiger partial charge >= 0.3 is 5.97 Å². The Bertz CT molecular complexity index is 455. The molecule has 2 rings (SSSR count). The van der Waals surface area contributed by atoms with Gasteiger partial charge in [0.2, 0.25) is 0 Å². The molecular formula is C18H27NO2. The molecule has 1 fully saturated rings. The van der Waals surface area contributed by atoms with E-state index in [4.69, 9.17) is 5.11 Å². The summed E-state index contributed by atoms with van der Waals surface area (Å²) >= 11 is 0. The van der Waals surface area contributed by atoms with Crippen molar-refractivity contribution in [1.82, 2.24) is 5.32 Å². The maximum Gasteiger partial charge on any atom is 0.310 e. The number of benzene rings is 1. The predicted molar refractivity (Wildman–Crippen MR) is 85.3 cm³/mol. The molecule has 0 radical (unpaired) electrons. The molecule has 0 aliphatic heterocycles. The Morgan fingerprint density at radius 1 is 1.33 bits per heavy atom. The molecule has 0 aromatic heterocycles. The summed E-state index contributed by atoms with van der Waals surface area (Å²) in [6.07, 6.45) is 5.46. The van der Waals surface area contributed by atoms with Crippen molar-refractivity contribution in [2.75, 3.05) is 6.54 Å². The van der Waals surface area contributed by atoms with Crippen LogP contribution in [-0.4, -0.2) is 17.6 Å². The summed E-state index contributed by atoms with van der Waals surface area (Å²) in [6, 6.07) is 7.92. The third kappa shape index (κ3) is 4.85. The predicted octanol–water partition coefficient (Wildman–Crippen LogP) is 3.79. The first-order chi connectivity index (χ1) is 10.1. The van der Waals surface area contributed by atoms with E-state index in [1.54, 1.807) is 6.92 Å². The van der Waals surface area contributed by atoms with E-state index in [0.29, 0.717) is 0 Å². The monoisotopic (exact) mass is 289 g/mol. The average Bonchev–Trinajstić information content (AvgIpc) is 2.47. The zero-order valence-electron chi connectivity index (χ0n) is 13.1. The molecule has 0 amide bonds. The molecule has 3 atom stereocenters. The van der Waals surface area contributed by atoms with Gasteiger partial charge in [0.05, 0.1) is 5.92 Å². The Hall–Kier alpha value is -1.35. The van der Waals surface area contributed by atoms with Crippen LogP contribution in [0.15, 0.2) is 24.3 Å². The van der Waals surface area contributed by atoms with E-state index in [9.17, 15) is 4.79 Å². The number of carbonyl (C=O) groups is 1. The van der Waals surface area contributed by atoms with Gasteiger partial charge in [0.25, 0.3) is 0 Å². The number of rotatable bonds is 6. The first kappa shape index (κ1) is 16.0. The molecule has 2 N–H and O–H groups in total. The first-order valence-corrected chi connectivity index (χ1v) is 8.08. The van der Waals surface area contributed by atoms with Crippen molar-refractivity contribution in [2.45, 2.75) is 52.0 Å². The summed E-state index contributed by atoms with van der Waals surface area (Å²) in [5.41, 5.74) is 2.09. The van der Waals surface area contributed by atoms with E-state index in [1.165, 1.54) is 31.2 Å². The fraction of sp³-hybridized carbons (Fsp3) is 0.611. The van der Waals surface area contributed by atoms with Gasteiger partial charge in [-0.05, 0) is 49.3 Å². The molecule has 1 aromatic carbocycles. The number of nitrogens with one attached hydrogen (secondary N) is 1. The van der Waals surface area contributed by atoms with Crippen molar-refractivity contribution >= 4 is 5.97 Å². The highest BCUT2D eigenvalue weighted by molar-refractivity contribution is 5.75. The van der Waals surface area contributed by atoms with Crippen molar-refractivity contribution in [2.24, 2.45) is 11.8 Å². The van der Waals surface area contributed by atoms with Gasteiger partial charge in [-0.15, -0.1) is 0 Å². The highest BCUT2D eigenvalue weighted by Crippen LogP contribution is 2.28. The molecule has 0 saturated heterocycles. The molecule has 1 saturated carbocycles. The van der Waals surface area contributed by atoms with Gasteiger partial charge in [0.15, 0.2) is 0 Å². The summed E-state index contributed by atoms with van der Waals surface area (Å²) in [4.78, 5) is 10.9. The Balaban J connectivity index is 1.77. The number of carboxylic acids is 1. The molecule has 0 heterocycles. The first-order valence-electron chi connectivity index (χ1n) is 8.08. The van der Waals surface area contributed by atoms with E-state index in [-0.39, 0.29) is 0 Å². The minimum Gasteiger partial charge on any atom is -0.481 e. The largest absolute Gasteiger partial charge is 0.481 e. The molecule has 0 bridgehead atoms. The SMILES string of the molecule is CC1CCCC(CNCc2ccc(C(C)C(=O)O)cc2)C1. The third-order valence-corrected chi connectivity index (χ3v) is 4.66. The van der Waals surface area contributed by atoms with Crippen LogP contribution < -0.4 is 5.32 Å². The lowest BCUT2D eigenvalue weighted by atomic mass is 9.82. The molecule has 3 unspecified atom stereocenters. The molecule has 0 spiro atoms. The van der Waals surface area contributed by atoms with Crippen LogP contribution in [0.1, 0.15) is 56.6 Å². The van der Waals surface area contributed by atoms with Crippen molar-refractivity contribution < 1.29 is 9.90 Å². The third-order valence-electron chi connectivity index (χ3n) is 4.66. The number of aliphatic carboxylic acids is 1. The normalized spacial score (nSPS) is 23.7. The average molecular weight is 289 g/mol. The van der Waals surface area contributed by atoms with E-state index >= 15 is 0 Å². The Morgan fingerprint density at radius 2 is 2.05 bits per heavy atom.